The first kappa shape index (κ1) is 34.0. The number of carbonyl (C=O) groups excluding carboxylic acids is 2. The monoisotopic (exact) mass is 688 g/mol. The Hall–Kier alpha value is -6.42. The summed E-state index contributed by atoms with van der Waals surface area (Å²) >= 11 is 0. The number of Topliss-reactive ketones (excluding diaryl/α,β-unsaturated/α-hetero) is 1. The molecule has 0 amide bonds. The van der Waals surface area contributed by atoms with E-state index in [1.165, 1.54) is 22.3 Å². The van der Waals surface area contributed by atoms with Gasteiger partial charge in [0.25, 0.3) is 0 Å². The lowest BCUT2D eigenvalue weighted by Crippen LogP contribution is -2.12. The summed E-state index contributed by atoms with van der Waals surface area (Å²) in [6, 6.07) is 36.4. The third kappa shape index (κ3) is 7.97. The lowest BCUT2D eigenvalue weighted by molar-refractivity contribution is -0.144. The number of rotatable bonds is 13. The highest BCUT2D eigenvalue weighted by Gasteiger charge is 2.29. The fourth-order valence-corrected chi connectivity index (χ4v) is 6.38. The highest BCUT2D eigenvalue weighted by Crippen LogP contribution is 2.44. The van der Waals surface area contributed by atoms with Gasteiger partial charge in [-0.2, -0.15) is 5.11 Å². The predicted octanol–water partition coefficient (Wildman–Crippen LogP) is 8.86. The van der Waals surface area contributed by atoms with Gasteiger partial charge in [0.1, 0.15) is 18.0 Å². The second-order valence-corrected chi connectivity index (χ2v) is 12.7. The first-order chi connectivity index (χ1) is 25.4. The number of fused-ring (bicyclic) bond motifs is 3. The van der Waals surface area contributed by atoms with Gasteiger partial charge in [0.15, 0.2) is 11.6 Å². The van der Waals surface area contributed by atoms with Gasteiger partial charge in [0, 0.05) is 29.9 Å². The van der Waals surface area contributed by atoms with Crippen LogP contribution in [0.1, 0.15) is 63.6 Å². The first-order valence-electron chi connectivity index (χ1n) is 17.3. The second kappa shape index (κ2) is 15.6. The molecule has 0 spiro atoms. The van der Waals surface area contributed by atoms with Crippen molar-refractivity contribution in [2.75, 3.05) is 6.61 Å². The van der Waals surface area contributed by atoms with Crippen molar-refractivity contribution in [1.82, 2.24) is 20.4 Å². The molecule has 7 rings (SSSR count). The standard InChI is InChI=1S/C42H36N6O4/c1-27-43-47-42(48-44-27)31-17-13-28(14-18-31)16-24-39(49)30-19-21-32(22-20-30)45-46-38-23-15-29(25-40(38)50)7-6-12-41(51)52-26-37-35-10-4-2-8-33(35)34-9-3-5-11-36(34)37/h2-5,8-11,13-15,17-23,25,37,50H,6-7,12,16,24,26H2,1H3. The van der Waals surface area contributed by atoms with Crippen LogP contribution in [0.4, 0.5) is 11.4 Å². The molecule has 0 unspecified atom stereocenters. The minimum absolute atomic E-state index is 0.00180. The zero-order valence-electron chi connectivity index (χ0n) is 28.6. The maximum atomic E-state index is 12.8. The number of carbonyl (C=O) groups is 2. The van der Waals surface area contributed by atoms with Gasteiger partial charge in [-0.3, -0.25) is 9.59 Å². The number of hydrogen-bond acceptors (Lipinski definition) is 10. The molecule has 1 aromatic heterocycles. The molecule has 1 aliphatic carbocycles. The van der Waals surface area contributed by atoms with Crippen molar-refractivity contribution < 1.29 is 19.4 Å². The molecular weight excluding hydrogens is 653 g/mol. The van der Waals surface area contributed by atoms with E-state index < -0.39 is 0 Å². The fraction of sp³-hybridized carbons (Fsp3) is 0.190. The number of aromatic hydroxyl groups is 1. The van der Waals surface area contributed by atoms with Crippen molar-refractivity contribution in [2.24, 2.45) is 10.2 Å². The summed E-state index contributed by atoms with van der Waals surface area (Å²) < 4.78 is 5.72. The summed E-state index contributed by atoms with van der Waals surface area (Å²) in [6.45, 7) is 2.04. The summed E-state index contributed by atoms with van der Waals surface area (Å²) in [5, 5.41) is 35.0. The van der Waals surface area contributed by atoms with Crippen LogP contribution in [0.3, 0.4) is 0 Å². The Morgan fingerprint density at radius 3 is 2.04 bits per heavy atom. The van der Waals surface area contributed by atoms with E-state index in [0.29, 0.717) is 60.9 Å². The smallest absolute Gasteiger partial charge is 0.305 e. The molecule has 10 nitrogen and oxygen atoms in total. The molecule has 1 aliphatic rings. The number of aryl methyl sites for hydroxylation is 3. The Labute approximate surface area is 301 Å². The van der Waals surface area contributed by atoms with Crippen LogP contribution in [0.2, 0.25) is 0 Å². The van der Waals surface area contributed by atoms with Crippen molar-refractivity contribution in [2.45, 2.75) is 44.9 Å². The molecule has 10 heteroatoms. The van der Waals surface area contributed by atoms with Crippen LogP contribution in [0, 0.1) is 6.92 Å². The maximum absolute atomic E-state index is 12.8. The van der Waals surface area contributed by atoms with E-state index in [9.17, 15) is 14.7 Å². The summed E-state index contributed by atoms with van der Waals surface area (Å²) in [7, 11) is 0. The fourth-order valence-electron chi connectivity index (χ4n) is 6.38. The molecular formula is C42H36N6O4. The third-order valence-corrected chi connectivity index (χ3v) is 9.15. The van der Waals surface area contributed by atoms with Crippen molar-refractivity contribution in [3.63, 3.8) is 0 Å². The van der Waals surface area contributed by atoms with Crippen LogP contribution in [0.5, 0.6) is 5.75 Å². The number of esters is 1. The average Bonchev–Trinajstić information content (AvgIpc) is 3.50. The minimum Gasteiger partial charge on any atom is -0.506 e. The van der Waals surface area contributed by atoms with Crippen LogP contribution in [-0.4, -0.2) is 43.9 Å². The van der Waals surface area contributed by atoms with E-state index in [0.717, 1.165) is 16.7 Å². The number of phenolic OH excluding ortho intramolecular Hbond substituents is 1. The minimum atomic E-state index is -0.236. The van der Waals surface area contributed by atoms with Crippen molar-refractivity contribution in [3.8, 4) is 28.3 Å². The topological polar surface area (TPSA) is 140 Å². The van der Waals surface area contributed by atoms with E-state index in [1.807, 2.05) is 54.6 Å². The number of aromatic nitrogens is 4. The van der Waals surface area contributed by atoms with Gasteiger partial charge in [-0.1, -0.05) is 78.9 Å². The second-order valence-electron chi connectivity index (χ2n) is 12.7. The van der Waals surface area contributed by atoms with E-state index in [1.54, 1.807) is 43.3 Å². The summed E-state index contributed by atoms with van der Waals surface area (Å²) in [4.78, 5) is 25.5. The van der Waals surface area contributed by atoms with Crippen LogP contribution >= 0.6 is 0 Å². The van der Waals surface area contributed by atoms with Crippen LogP contribution < -0.4 is 0 Å². The van der Waals surface area contributed by atoms with Gasteiger partial charge in [0.2, 0.25) is 5.82 Å². The number of nitrogens with zero attached hydrogens (tertiary/aromatic N) is 6. The molecule has 0 aliphatic heterocycles. The Morgan fingerprint density at radius 1 is 0.712 bits per heavy atom. The van der Waals surface area contributed by atoms with Crippen molar-refractivity contribution in [1.29, 1.82) is 0 Å². The van der Waals surface area contributed by atoms with E-state index >= 15 is 0 Å². The molecule has 0 atom stereocenters. The van der Waals surface area contributed by atoms with Crippen LogP contribution in [-0.2, 0) is 22.4 Å². The Bertz CT molecular complexity index is 2190. The van der Waals surface area contributed by atoms with Crippen LogP contribution in [0.15, 0.2) is 125 Å². The quantitative estimate of drug-likeness (QED) is 0.0721. The number of ether oxygens (including phenoxy) is 1. The Morgan fingerprint density at radius 2 is 1.37 bits per heavy atom. The van der Waals surface area contributed by atoms with Gasteiger partial charge in [0.05, 0.1) is 5.69 Å². The van der Waals surface area contributed by atoms with Gasteiger partial charge < -0.3 is 9.84 Å². The van der Waals surface area contributed by atoms with E-state index in [2.05, 4.69) is 54.9 Å². The zero-order chi connectivity index (χ0) is 35.9. The molecule has 5 aromatic carbocycles. The highest BCUT2D eigenvalue weighted by atomic mass is 16.5. The molecule has 0 saturated carbocycles. The molecule has 0 radical (unpaired) electrons. The third-order valence-electron chi connectivity index (χ3n) is 9.15. The van der Waals surface area contributed by atoms with Crippen molar-refractivity contribution >= 4 is 23.1 Å². The predicted molar refractivity (Wildman–Crippen MR) is 197 cm³/mol. The number of azo groups is 1. The number of benzene rings is 5. The lowest BCUT2D eigenvalue weighted by atomic mass is 9.98. The molecule has 1 heterocycles. The van der Waals surface area contributed by atoms with E-state index in [4.69, 9.17) is 4.74 Å². The summed E-state index contributed by atoms with van der Waals surface area (Å²) in [5.74, 6) is 0.794. The maximum Gasteiger partial charge on any atom is 0.305 e. The zero-order valence-corrected chi connectivity index (χ0v) is 28.6. The van der Waals surface area contributed by atoms with Gasteiger partial charge in [-0.05, 0) is 96.0 Å². The highest BCUT2D eigenvalue weighted by molar-refractivity contribution is 5.96. The number of phenols is 1. The van der Waals surface area contributed by atoms with Crippen molar-refractivity contribution in [3.05, 3.63) is 149 Å². The SMILES string of the molecule is Cc1nnc(-c2ccc(CCC(=O)c3ccc(N=Nc4ccc(CCCC(=O)OCC5c6ccccc6-c6ccccc65)cc4O)cc3)cc2)nn1. The number of ketones is 1. The summed E-state index contributed by atoms with van der Waals surface area (Å²) in [5.41, 5.74) is 8.97. The van der Waals surface area contributed by atoms with Gasteiger partial charge in [-0.15, -0.1) is 25.5 Å². The molecule has 1 N–H and O–H groups in total. The Kier molecular flexibility index (Phi) is 10.2. The lowest BCUT2D eigenvalue weighted by Gasteiger charge is -2.14. The normalized spacial score (nSPS) is 12.1. The van der Waals surface area contributed by atoms with Gasteiger partial charge >= 0.3 is 5.97 Å². The van der Waals surface area contributed by atoms with E-state index in [-0.39, 0.29) is 29.8 Å². The first-order valence-corrected chi connectivity index (χ1v) is 17.3. The number of hydrogen-bond donors (Lipinski definition) is 1. The molecule has 258 valence electrons. The largest absolute Gasteiger partial charge is 0.506 e. The molecule has 6 aromatic rings. The average molecular weight is 689 g/mol. The Balaban J connectivity index is 0.854. The molecule has 52 heavy (non-hydrogen) atoms. The summed E-state index contributed by atoms with van der Waals surface area (Å²) in [6.07, 6.45) is 2.43. The molecule has 0 bridgehead atoms. The molecule has 0 fully saturated rings. The van der Waals surface area contributed by atoms with Gasteiger partial charge in [-0.25, -0.2) is 0 Å². The molecule has 0 saturated heterocycles. The van der Waals surface area contributed by atoms with Crippen LogP contribution in [0.25, 0.3) is 22.5 Å².